The minimum absolute atomic E-state index is 0.0150. The zero-order valence-corrected chi connectivity index (χ0v) is 8.69. The Balaban J connectivity index is 2.46. The van der Waals surface area contributed by atoms with Crippen LogP contribution in [-0.2, 0) is 22.0 Å². The number of rotatable bonds is 3. The van der Waals surface area contributed by atoms with Crippen LogP contribution in [0, 0.1) is 0 Å². The van der Waals surface area contributed by atoms with Crippen LogP contribution in [0.5, 0.6) is 0 Å². The number of carbonyl (C=O) groups is 1. The maximum absolute atomic E-state index is 13.7. The molecular weight excluding hydrogens is 233 g/mol. The number of fused-ring (bicyclic) bond motifs is 1. The molecule has 7 heteroatoms. The smallest absolute Gasteiger partial charge is 0.481 e. The predicted molar refractivity (Wildman–Crippen MR) is 55.0 cm³/mol. The lowest BCUT2D eigenvalue weighted by molar-refractivity contribution is -0.145. The van der Waals surface area contributed by atoms with Gasteiger partial charge in [-0.05, 0) is 11.0 Å². The summed E-state index contributed by atoms with van der Waals surface area (Å²) in [4.78, 5) is 10.4. The Morgan fingerprint density at radius 1 is 1.53 bits per heavy atom. The van der Waals surface area contributed by atoms with Gasteiger partial charge in [-0.25, -0.2) is 8.78 Å². The highest BCUT2D eigenvalue weighted by Crippen LogP contribution is 2.32. The van der Waals surface area contributed by atoms with Gasteiger partial charge in [-0.2, -0.15) is 0 Å². The Labute approximate surface area is 96.0 Å². The van der Waals surface area contributed by atoms with E-state index in [0.29, 0.717) is 5.56 Å². The van der Waals surface area contributed by atoms with Crippen molar-refractivity contribution in [2.75, 3.05) is 0 Å². The van der Waals surface area contributed by atoms with Gasteiger partial charge in [0.25, 0.3) is 5.92 Å². The zero-order valence-electron chi connectivity index (χ0n) is 8.69. The van der Waals surface area contributed by atoms with Gasteiger partial charge in [-0.15, -0.1) is 0 Å². The lowest BCUT2D eigenvalue weighted by Gasteiger charge is -2.17. The Kier molecular flexibility index (Phi) is 2.88. The fourth-order valence-electron chi connectivity index (χ4n) is 1.89. The number of hydrogen-bond donors (Lipinski definition) is 2. The number of benzene rings is 1. The Morgan fingerprint density at radius 2 is 2.24 bits per heavy atom. The standard InChI is InChI=1S/C10H9BF2O4/c12-10(13,4-8(14)15)7-3-1-2-6-5-17-11(16)9(6)7/h1-3,16H,4-5H2,(H,14,15). The molecule has 1 aromatic rings. The third-order valence-corrected chi connectivity index (χ3v) is 2.61. The van der Waals surface area contributed by atoms with E-state index in [9.17, 15) is 18.6 Å². The fourth-order valence-corrected chi connectivity index (χ4v) is 1.89. The highest BCUT2D eigenvalue weighted by atomic mass is 19.3. The maximum Gasteiger partial charge on any atom is 0.492 e. The van der Waals surface area contributed by atoms with Gasteiger partial charge in [-0.3, -0.25) is 4.79 Å². The third-order valence-electron chi connectivity index (χ3n) is 2.61. The molecule has 0 bridgehead atoms. The first-order valence-corrected chi connectivity index (χ1v) is 4.93. The molecule has 0 fully saturated rings. The quantitative estimate of drug-likeness (QED) is 0.756. The molecule has 2 N–H and O–H groups in total. The second-order valence-corrected chi connectivity index (χ2v) is 3.82. The monoisotopic (exact) mass is 242 g/mol. The zero-order chi connectivity index (χ0) is 12.6. The summed E-state index contributed by atoms with van der Waals surface area (Å²) < 4.78 is 32.2. The van der Waals surface area contributed by atoms with Crippen LogP contribution < -0.4 is 5.46 Å². The largest absolute Gasteiger partial charge is 0.492 e. The molecule has 1 aromatic carbocycles. The molecule has 90 valence electrons. The normalized spacial score (nSPS) is 14.9. The van der Waals surface area contributed by atoms with Crippen molar-refractivity contribution in [1.29, 1.82) is 0 Å². The summed E-state index contributed by atoms with van der Waals surface area (Å²) in [5, 5.41) is 17.9. The Morgan fingerprint density at radius 3 is 2.88 bits per heavy atom. The van der Waals surface area contributed by atoms with Crippen LogP contribution in [0.1, 0.15) is 17.5 Å². The van der Waals surface area contributed by atoms with Crippen molar-refractivity contribution in [3.8, 4) is 0 Å². The number of carboxylic acids is 1. The van der Waals surface area contributed by atoms with Crippen molar-refractivity contribution in [1.82, 2.24) is 0 Å². The molecule has 0 aromatic heterocycles. The SMILES string of the molecule is O=C(O)CC(F)(F)c1cccc2c1B(O)OC2. The summed E-state index contributed by atoms with van der Waals surface area (Å²) >= 11 is 0. The summed E-state index contributed by atoms with van der Waals surface area (Å²) in [6.07, 6.45) is -1.31. The van der Waals surface area contributed by atoms with Gasteiger partial charge >= 0.3 is 13.1 Å². The average Bonchev–Trinajstić information content (AvgIpc) is 2.59. The van der Waals surface area contributed by atoms with Gasteiger partial charge in [0.15, 0.2) is 0 Å². The molecule has 1 heterocycles. The summed E-state index contributed by atoms with van der Waals surface area (Å²) in [5.74, 6) is -5.12. The molecule has 0 saturated heterocycles. The molecule has 0 amide bonds. The second-order valence-electron chi connectivity index (χ2n) is 3.82. The number of carboxylic acid groups (broad SMARTS) is 1. The second kappa shape index (κ2) is 4.08. The molecule has 0 unspecified atom stereocenters. The summed E-state index contributed by atoms with van der Waals surface area (Å²) in [5.41, 5.74) is -0.0405. The maximum atomic E-state index is 13.7. The molecule has 0 radical (unpaired) electrons. The molecule has 2 rings (SSSR count). The van der Waals surface area contributed by atoms with Crippen molar-refractivity contribution >= 4 is 18.6 Å². The minimum Gasteiger partial charge on any atom is -0.481 e. The molecule has 4 nitrogen and oxygen atoms in total. The van der Waals surface area contributed by atoms with E-state index in [1.165, 1.54) is 6.07 Å². The number of alkyl halides is 2. The predicted octanol–water partition coefficient (Wildman–Crippen LogP) is 0.471. The molecule has 1 aliphatic rings. The van der Waals surface area contributed by atoms with E-state index in [2.05, 4.69) is 0 Å². The van der Waals surface area contributed by atoms with Gasteiger partial charge in [0.05, 0.1) is 6.61 Å². The van der Waals surface area contributed by atoms with E-state index >= 15 is 0 Å². The Hall–Kier alpha value is -1.47. The third kappa shape index (κ3) is 2.16. The number of aliphatic carboxylic acids is 1. The molecule has 0 saturated carbocycles. The molecule has 1 aliphatic heterocycles. The highest BCUT2D eigenvalue weighted by Gasteiger charge is 2.42. The van der Waals surface area contributed by atoms with Gasteiger partial charge in [-0.1, -0.05) is 18.2 Å². The first-order valence-electron chi connectivity index (χ1n) is 4.93. The van der Waals surface area contributed by atoms with Gasteiger partial charge in [0, 0.05) is 5.56 Å². The lowest BCUT2D eigenvalue weighted by Crippen LogP contribution is -2.36. The number of hydrogen-bond acceptors (Lipinski definition) is 3. The van der Waals surface area contributed by atoms with Gasteiger partial charge in [0.2, 0.25) is 0 Å². The summed E-state index contributed by atoms with van der Waals surface area (Å²) in [6, 6.07) is 4.07. The van der Waals surface area contributed by atoms with Crippen LogP contribution in [-0.4, -0.2) is 23.2 Å². The van der Waals surface area contributed by atoms with E-state index in [0.717, 1.165) is 6.07 Å². The first kappa shape index (κ1) is 12.0. The fraction of sp³-hybridized carbons (Fsp3) is 0.300. The Bertz CT molecular complexity index is 464. The summed E-state index contributed by atoms with van der Waals surface area (Å²) in [6.45, 7) is 0.0491. The van der Waals surface area contributed by atoms with Gasteiger partial charge in [0.1, 0.15) is 6.42 Å². The number of halogens is 2. The van der Waals surface area contributed by atoms with Crippen molar-refractivity contribution in [2.24, 2.45) is 0 Å². The van der Waals surface area contributed by atoms with E-state index in [1.807, 2.05) is 0 Å². The van der Waals surface area contributed by atoms with E-state index in [-0.39, 0.29) is 12.1 Å². The first-order chi connectivity index (χ1) is 7.92. The molecular formula is C10H9BF2O4. The van der Waals surface area contributed by atoms with Crippen molar-refractivity contribution in [2.45, 2.75) is 19.0 Å². The molecule has 17 heavy (non-hydrogen) atoms. The van der Waals surface area contributed by atoms with E-state index < -0.39 is 31.0 Å². The molecule has 0 spiro atoms. The van der Waals surface area contributed by atoms with Crippen LogP contribution in [0.25, 0.3) is 0 Å². The molecule has 0 atom stereocenters. The molecule has 0 aliphatic carbocycles. The van der Waals surface area contributed by atoms with Crippen molar-refractivity contribution < 1.29 is 28.4 Å². The highest BCUT2D eigenvalue weighted by molar-refractivity contribution is 6.62. The van der Waals surface area contributed by atoms with Crippen LogP contribution in [0.4, 0.5) is 8.78 Å². The van der Waals surface area contributed by atoms with Crippen LogP contribution in [0.3, 0.4) is 0 Å². The van der Waals surface area contributed by atoms with E-state index in [4.69, 9.17) is 9.76 Å². The van der Waals surface area contributed by atoms with Crippen LogP contribution in [0.2, 0.25) is 0 Å². The van der Waals surface area contributed by atoms with Crippen LogP contribution in [0.15, 0.2) is 18.2 Å². The summed E-state index contributed by atoms with van der Waals surface area (Å²) in [7, 11) is -1.42. The average molecular weight is 242 g/mol. The minimum atomic E-state index is -3.52. The van der Waals surface area contributed by atoms with Gasteiger partial charge < -0.3 is 14.8 Å². The van der Waals surface area contributed by atoms with Crippen molar-refractivity contribution in [3.05, 3.63) is 29.3 Å². The van der Waals surface area contributed by atoms with Crippen molar-refractivity contribution in [3.63, 3.8) is 0 Å². The lowest BCUT2D eigenvalue weighted by atomic mass is 9.74. The van der Waals surface area contributed by atoms with Crippen LogP contribution >= 0.6 is 0 Å². The van der Waals surface area contributed by atoms with E-state index in [1.54, 1.807) is 6.07 Å². The topological polar surface area (TPSA) is 66.8 Å².